The minimum atomic E-state index is -0.553. The van der Waals surface area contributed by atoms with Crippen molar-refractivity contribution >= 4 is 28.9 Å². The molecule has 7 heteroatoms. The van der Waals surface area contributed by atoms with Gasteiger partial charge in [0.25, 0.3) is 0 Å². The molecule has 1 saturated heterocycles. The average Bonchev–Trinajstić information content (AvgIpc) is 2.45. The zero-order valence-electron chi connectivity index (χ0n) is 10.9. The Labute approximate surface area is 121 Å². The summed E-state index contributed by atoms with van der Waals surface area (Å²) in [7, 11) is 1.29. The minimum absolute atomic E-state index is 0.288. The maximum atomic E-state index is 11.9. The largest absolute Gasteiger partial charge is 0.465 e. The number of hydrogen-bond acceptors (Lipinski definition) is 6. The van der Waals surface area contributed by atoms with Gasteiger partial charge < -0.3 is 20.1 Å². The summed E-state index contributed by atoms with van der Waals surface area (Å²) in [5, 5.41) is 9.30. The van der Waals surface area contributed by atoms with Crippen LogP contribution in [0.3, 0.4) is 0 Å². The summed E-state index contributed by atoms with van der Waals surface area (Å²) in [6, 6.07) is 5.14. The van der Waals surface area contributed by atoms with Gasteiger partial charge in [-0.25, -0.2) is 4.79 Å². The van der Waals surface area contributed by atoms with Crippen LogP contribution in [0, 0.1) is 11.3 Å². The molecule has 0 saturated carbocycles. The number of anilines is 2. The van der Waals surface area contributed by atoms with Gasteiger partial charge in [-0.05, 0) is 12.1 Å². The highest BCUT2D eigenvalue weighted by Gasteiger charge is 2.26. The zero-order chi connectivity index (χ0) is 14.7. The molecule has 2 N–H and O–H groups in total. The Hall–Kier alpha value is -1.97. The fraction of sp³-hybridized carbons (Fsp3) is 0.385. The number of esters is 1. The molecule has 1 heterocycles. The molecule has 0 aliphatic carbocycles. The lowest BCUT2D eigenvalue weighted by Crippen LogP contribution is -2.42. The number of carbonyl (C=O) groups excluding carboxylic acids is 1. The van der Waals surface area contributed by atoms with Crippen molar-refractivity contribution in [3.8, 4) is 6.07 Å². The van der Waals surface area contributed by atoms with Crippen molar-refractivity contribution in [1.29, 1.82) is 5.26 Å². The molecule has 6 nitrogen and oxygen atoms in total. The molecule has 0 radical (unpaired) electrons. The molecular formula is C13H14ClN3O3. The number of hydrogen-bond donors (Lipinski definition) is 1. The van der Waals surface area contributed by atoms with Crippen molar-refractivity contribution < 1.29 is 14.3 Å². The third-order valence-electron chi connectivity index (χ3n) is 3.02. The maximum absolute atomic E-state index is 11.9. The molecule has 1 aliphatic heterocycles. The molecule has 0 amide bonds. The standard InChI is InChI=1S/C13H14ClN3O3/c1-19-13(18)10-4-8(16)5-11(14)12(10)17-2-3-20-9(6-15)7-17/h4-5,9H,2-3,7,16H2,1H3. The molecule has 2 rings (SSSR count). The number of methoxy groups -OCH3 is 1. The van der Waals surface area contributed by atoms with Gasteiger partial charge in [0.05, 0.1) is 42.6 Å². The number of morpholine rings is 1. The van der Waals surface area contributed by atoms with Gasteiger partial charge in [-0.1, -0.05) is 11.6 Å². The number of halogens is 1. The Morgan fingerprint density at radius 3 is 3.05 bits per heavy atom. The van der Waals surface area contributed by atoms with Crippen molar-refractivity contribution in [1.82, 2.24) is 0 Å². The molecule has 106 valence electrons. The Bertz CT molecular complexity index is 571. The molecule has 1 aliphatic rings. The molecule has 1 atom stereocenters. The topological polar surface area (TPSA) is 88.6 Å². The third kappa shape index (κ3) is 2.79. The molecule has 0 spiro atoms. The quantitative estimate of drug-likeness (QED) is 0.656. The van der Waals surface area contributed by atoms with E-state index >= 15 is 0 Å². The molecule has 1 aromatic rings. The lowest BCUT2D eigenvalue weighted by atomic mass is 10.1. The summed E-state index contributed by atoms with van der Waals surface area (Å²) in [6.07, 6.45) is -0.553. The van der Waals surface area contributed by atoms with Crippen LogP contribution in [-0.4, -0.2) is 38.9 Å². The third-order valence-corrected chi connectivity index (χ3v) is 3.31. The number of nitriles is 1. The van der Waals surface area contributed by atoms with Gasteiger partial charge in [0.1, 0.15) is 0 Å². The first kappa shape index (κ1) is 14.4. The molecule has 1 fully saturated rings. The second kappa shape index (κ2) is 5.99. The SMILES string of the molecule is COC(=O)c1cc(N)cc(Cl)c1N1CCOC(C#N)C1. The van der Waals surface area contributed by atoms with Gasteiger partial charge in [0.2, 0.25) is 0 Å². The first-order valence-electron chi connectivity index (χ1n) is 6.00. The van der Waals surface area contributed by atoms with E-state index in [1.165, 1.54) is 13.2 Å². The molecule has 0 bridgehead atoms. The fourth-order valence-electron chi connectivity index (χ4n) is 2.14. The van der Waals surface area contributed by atoms with Crippen molar-refractivity contribution in [3.63, 3.8) is 0 Å². The van der Waals surface area contributed by atoms with E-state index in [4.69, 9.17) is 32.1 Å². The first-order valence-corrected chi connectivity index (χ1v) is 6.38. The van der Waals surface area contributed by atoms with E-state index in [9.17, 15) is 4.79 Å². The highest BCUT2D eigenvalue weighted by atomic mass is 35.5. The second-order valence-electron chi connectivity index (χ2n) is 4.33. The van der Waals surface area contributed by atoms with Crippen LogP contribution >= 0.6 is 11.6 Å². The van der Waals surface area contributed by atoms with Crippen molar-refractivity contribution in [2.45, 2.75) is 6.10 Å². The van der Waals surface area contributed by atoms with Crippen LogP contribution in [0.4, 0.5) is 11.4 Å². The van der Waals surface area contributed by atoms with E-state index < -0.39 is 12.1 Å². The summed E-state index contributed by atoms with van der Waals surface area (Å²) < 4.78 is 10.0. The summed E-state index contributed by atoms with van der Waals surface area (Å²) in [5.74, 6) is -0.519. The van der Waals surface area contributed by atoms with Gasteiger partial charge in [0.15, 0.2) is 6.10 Å². The van der Waals surface area contributed by atoms with E-state index in [-0.39, 0.29) is 5.56 Å². The highest BCUT2D eigenvalue weighted by Crippen LogP contribution is 2.34. The lowest BCUT2D eigenvalue weighted by Gasteiger charge is -2.33. The molecule has 0 aromatic heterocycles. The first-order chi connectivity index (χ1) is 9.56. The summed E-state index contributed by atoms with van der Waals surface area (Å²) >= 11 is 6.21. The number of carbonyl (C=O) groups is 1. The Morgan fingerprint density at radius 1 is 1.65 bits per heavy atom. The normalized spacial score (nSPS) is 18.4. The zero-order valence-corrected chi connectivity index (χ0v) is 11.7. The van der Waals surface area contributed by atoms with Crippen LogP contribution in [-0.2, 0) is 9.47 Å². The smallest absolute Gasteiger partial charge is 0.340 e. The number of ether oxygens (including phenoxy) is 2. The summed E-state index contributed by atoms with van der Waals surface area (Å²) in [4.78, 5) is 13.7. The molecular weight excluding hydrogens is 282 g/mol. The van der Waals surface area contributed by atoms with Crippen LogP contribution in [0.25, 0.3) is 0 Å². The van der Waals surface area contributed by atoms with Gasteiger partial charge in [0, 0.05) is 12.2 Å². The van der Waals surface area contributed by atoms with Crippen LogP contribution in [0.2, 0.25) is 5.02 Å². The van der Waals surface area contributed by atoms with Crippen molar-refractivity contribution in [2.75, 3.05) is 37.4 Å². The van der Waals surface area contributed by atoms with Gasteiger partial charge in [-0.2, -0.15) is 5.26 Å². The van der Waals surface area contributed by atoms with E-state index in [0.717, 1.165) is 0 Å². The van der Waals surface area contributed by atoms with E-state index in [0.29, 0.717) is 36.1 Å². The van der Waals surface area contributed by atoms with E-state index in [2.05, 4.69) is 0 Å². The predicted molar refractivity (Wildman–Crippen MR) is 74.8 cm³/mol. The van der Waals surface area contributed by atoms with E-state index in [1.54, 1.807) is 6.07 Å². The average molecular weight is 296 g/mol. The predicted octanol–water partition coefficient (Wildman–Crippen LogP) is 1.44. The van der Waals surface area contributed by atoms with Gasteiger partial charge >= 0.3 is 5.97 Å². The van der Waals surface area contributed by atoms with Crippen molar-refractivity contribution in [3.05, 3.63) is 22.7 Å². The van der Waals surface area contributed by atoms with Gasteiger partial charge in [-0.15, -0.1) is 0 Å². The van der Waals surface area contributed by atoms with Crippen LogP contribution in [0.5, 0.6) is 0 Å². The number of nitrogens with two attached hydrogens (primary N) is 1. The fourth-order valence-corrected chi connectivity index (χ4v) is 2.48. The number of nitrogens with zero attached hydrogens (tertiary/aromatic N) is 2. The molecule has 1 aromatic carbocycles. The van der Waals surface area contributed by atoms with Crippen LogP contribution < -0.4 is 10.6 Å². The van der Waals surface area contributed by atoms with Crippen LogP contribution in [0.15, 0.2) is 12.1 Å². The van der Waals surface area contributed by atoms with Crippen LogP contribution in [0.1, 0.15) is 10.4 Å². The summed E-state index contributed by atoms with van der Waals surface area (Å²) in [6.45, 7) is 1.26. The Balaban J connectivity index is 2.44. The minimum Gasteiger partial charge on any atom is -0.465 e. The lowest BCUT2D eigenvalue weighted by molar-refractivity contribution is 0.0597. The monoisotopic (exact) mass is 295 g/mol. The highest BCUT2D eigenvalue weighted by molar-refractivity contribution is 6.34. The van der Waals surface area contributed by atoms with Gasteiger partial charge in [-0.3, -0.25) is 0 Å². The second-order valence-corrected chi connectivity index (χ2v) is 4.73. The Kier molecular flexibility index (Phi) is 4.32. The number of rotatable bonds is 2. The maximum Gasteiger partial charge on any atom is 0.340 e. The number of benzene rings is 1. The Morgan fingerprint density at radius 2 is 2.40 bits per heavy atom. The molecule has 20 heavy (non-hydrogen) atoms. The van der Waals surface area contributed by atoms with E-state index in [1.807, 2.05) is 11.0 Å². The summed E-state index contributed by atoms with van der Waals surface area (Å²) in [5.41, 5.74) is 6.91. The van der Waals surface area contributed by atoms with Crippen molar-refractivity contribution in [2.24, 2.45) is 0 Å². The number of nitrogen functional groups attached to an aromatic ring is 1. The molecule has 1 unspecified atom stereocenters.